The SMILES string of the molecule is CC(C)Oc1ccc(C(=O)NCC(Cl)C(C)C)cc1. The zero-order valence-electron chi connectivity index (χ0n) is 11.9. The van der Waals surface area contributed by atoms with Gasteiger partial charge >= 0.3 is 0 Å². The molecular weight excluding hydrogens is 262 g/mol. The Morgan fingerprint density at radius 2 is 1.79 bits per heavy atom. The highest BCUT2D eigenvalue weighted by atomic mass is 35.5. The molecule has 106 valence electrons. The maximum atomic E-state index is 11.9. The normalized spacial score (nSPS) is 12.6. The third kappa shape index (κ3) is 5.52. The summed E-state index contributed by atoms with van der Waals surface area (Å²) >= 11 is 6.10. The molecule has 1 unspecified atom stereocenters. The molecule has 0 spiro atoms. The van der Waals surface area contributed by atoms with Gasteiger partial charge in [0.1, 0.15) is 5.75 Å². The molecule has 0 aliphatic heterocycles. The van der Waals surface area contributed by atoms with Gasteiger partial charge in [0.2, 0.25) is 0 Å². The van der Waals surface area contributed by atoms with Crippen LogP contribution in [0.3, 0.4) is 0 Å². The Labute approximate surface area is 120 Å². The molecule has 1 amide bonds. The summed E-state index contributed by atoms with van der Waals surface area (Å²) in [7, 11) is 0. The number of ether oxygens (including phenoxy) is 1. The third-order valence-corrected chi connectivity index (χ3v) is 3.33. The number of nitrogens with one attached hydrogen (secondary N) is 1. The van der Waals surface area contributed by atoms with Gasteiger partial charge in [-0.2, -0.15) is 0 Å². The van der Waals surface area contributed by atoms with Gasteiger partial charge in [-0.15, -0.1) is 11.6 Å². The number of hydrogen-bond donors (Lipinski definition) is 1. The minimum atomic E-state index is -0.109. The summed E-state index contributed by atoms with van der Waals surface area (Å²) in [6.45, 7) is 8.46. The lowest BCUT2D eigenvalue weighted by Crippen LogP contribution is -2.31. The Hall–Kier alpha value is -1.22. The van der Waals surface area contributed by atoms with E-state index in [2.05, 4.69) is 5.32 Å². The quantitative estimate of drug-likeness (QED) is 0.812. The van der Waals surface area contributed by atoms with Gasteiger partial charge in [-0.05, 0) is 44.0 Å². The Balaban J connectivity index is 2.53. The summed E-state index contributed by atoms with van der Waals surface area (Å²) < 4.78 is 5.53. The first-order valence-corrected chi connectivity index (χ1v) is 7.02. The molecule has 1 N–H and O–H groups in total. The van der Waals surface area contributed by atoms with Crippen LogP contribution in [0.2, 0.25) is 0 Å². The van der Waals surface area contributed by atoms with E-state index in [4.69, 9.17) is 16.3 Å². The lowest BCUT2D eigenvalue weighted by molar-refractivity contribution is 0.0952. The van der Waals surface area contributed by atoms with E-state index in [-0.39, 0.29) is 17.4 Å². The van der Waals surface area contributed by atoms with Crippen LogP contribution in [0.15, 0.2) is 24.3 Å². The van der Waals surface area contributed by atoms with Gasteiger partial charge in [0.05, 0.1) is 11.5 Å². The smallest absolute Gasteiger partial charge is 0.251 e. The van der Waals surface area contributed by atoms with E-state index in [1.54, 1.807) is 24.3 Å². The van der Waals surface area contributed by atoms with Crippen LogP contribution >= 0.6 is 11.6 Å². The van der Waals surface area contributed by atoms with Crippen molar-refractivity contribution in [1.29, 1.82) is 0 Å². The molecule has 0 aliphatic rings. The molecule has 4 heteroatoms. The van der Waals surface area contributed by atoms with E-state index in [9.17, 15) is 4.79 Å². The minimum absolute atomic E-state index is 0.0486. The predicted octanol–water partition coefficient (Wildman–Crippen LogP) is 3.47. The highest BCUT2D eigenvalue weighted by Crippen LogP contribution is 2.14. The fourth-order valence-electron chi connectivity index (χ4n) is 1.49. The van der Waals surface area contributed by atoms with Crippen LogP contribution in [0.25, 0.3) is 0 Å². The van der Waals surface area contributed by atoms with Crippen molar-refractivity contribution in [3.05, 3.63) is 29.8 Å². The minimum Gasteiger partial charge on any atom is -0.491 e. The van der Waals surface area contributed by atoms with E-state index in [1.807, 2.05) is 27.7 Å². The van der Waals surface area contributed by atoms with Crippen LogP contribution in [0, 0.1) is 5.92 Å². The molecular formula is C15H22ClNO2. The number of alkyl halides is 1. The molecule has 0 radical (unpaired) electrons. The van der Waals surface area contributed by atoms with Crippen molar-refractivity contribution in [2.75, 3.05) is 6.54 Å². The number of benzene rings is 1. The molecule has 0 aliphatic carbocycles. The van der Waals surface area contributed by atoms with Crippen LogP contribution < -0.4 is 10.1 Å². The Morgan fingerprint density at radius 1 is 1.21 bits per heavy atom. The van der Waals surface area contributed by atoms with Crippen molar-refractivity contribution in [3.63, 3.8) is 0 Å². The number of carbonyl (C=O) groups excluding carboxylic acids is 1. The molecule has 0 bridgehead atoms. The van der Waals surface area contributed by atoms with Gasteiger partial charge < -0.3 is 10.1 Å². The van der Waals surface area contributed by atoms with Crippen molar-refractivity contribution in [3.8, 4) is 5.75 Å². The van der Waals surface area contributed by atoms with Crippen LogP contribution in [0.5, 0.6) is 5.75 Å². The first-order chi connectivity index (χ1) is 8.90. The second kappa shape index (κ2) is 7.39. The summed E-state index contributed by atoms with van der Waals surface area (Å²) in [6, 6.07) is 7.11. The average molecular weight is 284 g/mol. The highest BCUT2D eigenvalue weighted by molar-refractivity contribution is 6.21. The zero-order valence-corrected chi connectivity index (χ0v) is 12.7. The first-order valence-electron chi connectivity index (χ1n) is 6.59. The molecule has 1 atom stereocenters. The van der Waals surface area contributed by atoms with Gasteiger partial charge in [0, 0.05) is 12.1 Å². The van der Waals surface area contributed by atoms with Crippen molar-refractivity contribution in [2.24, 2.45) is 5.92 Å². The predicted molar refractivity (Wildman–Crippen MR) is 79.0 cm³/mol. The number of carbonyl (C=O) groups is 1. The van der Waals surface area contributed by atoms with Gasteiger partial charge in [0.15, 0.2) is 0 Å². The van der Waals surface area contributed by atoms with Crippen LogP contribution in [0.4, 0.5) is 0 Å². The Bertz CT molecular complexity index is 401. The average Bonchev–Trinajstić information content (AvgIpc) is 2.35. The maximum absolute atomic E-state index is 11.9. The van der Waals surface area contributed by atoms with E-state index >= 15 is 0 Å². The fourth-order valence-corrected chi connectivity index (χ4v) is 1.56. The third-order valence-electron chi connectivity index (χ3n) is 2.67. The maximum Gasteiger partial charge on any atom is 0.251 e. The Morgan fingerprint density at radius 3 is 2.26 bits per heavy atom. The first kappa shape index (κ1) is 15.8. The lowest BCUT2D eigenvalue weighted by Gasteiger charge is -2.14. The van der Waals surface area contributed by atoms with E-state index in [1.165, 1.54) is 0 Å². The zero-order chi connectivity index (χ0) is 14.4. The molecule has 0 aromatic heterocycles. The van der Waals surface area contributed by atoms with Gasteiger partial charge in [-0.1, -0.05) is 13.8 Å². The van der Waals surface area contributed by atoms with Crippen molar-refractivity contribution in [2.45, 2.75) is 39.2 Å². The molecule has 1 rings (SSSR count). The van der Waals surface area contributed by atoms with Crippen molar-refractivity contribution >= 4 is 17.5 Å². The molecule has 3 nitrogen and oxygen atoms in total. The number of halogens is 1. The summed E-state index contributed by atoms with van der Waals surface area (Å²) in [5, 5.41) is 2.78. The summed E-state index contributed by atoms with van der Waals surface area (Å²) in [4.78, 5) is 11.9. The van der Waals surface area contributed by atoms with E-state index < -0.39 is 0 Å². The largest absolute Gasteiger partial charge is 0.491 e. The molecule has 1 aromatic rings. The molecule has 19 heavy (non-hydrogen) atoms. The summed E-state index contributed by atoms with van der Waals surface area (Å²) in [5.74, 6) is 0.995. The standard InChI is InChI=1S/C15H22ClNO2/c1-10(2)14(16)9-17-15(18)12-5-7-13(8-6-12)19-11(3)4/h5-8,10-11,14H,9H2,1-4H3,(H,17,18). The van der Waals surface area contributed by atoms with Crippen LogP contribution in [0.1, 0.15) is 38.1 Å². The van der Waals surface area contributed by atoms with E-state index in [0.717, 1.165) is 5.75 Å². The molecule has 0 saturated carbocycles. The number of rotatable bonds is 6. The van der Waals surface area contributed by atoms with Gasteiger partial charge in [0.25, 0.3) is 5.91 Å². The second-order valence-electron chi connectivity index (χ2n) is 5.16. The molecule has 0 fully saturated rings. The lowest BCUT2D eigenvalue weighted by atomic mass is 10.1. The number of hydrogen-bond acceptors (Lipinski definition) is 2. The summed E-state index contributed by atoms with van der Waals surface area (Å²) in [6.07, 6.45) is 0.128. The summed E-state index contributed by atoms with van der Waals surface area (Å²) in [5.41, 5.74) is 0.615. The van der Waals surface area contributed by atoms with Crippen LogP contribution in [-0.2, 0) is 0 Å². The molecule has 0 heterocycles. The Kier molecular flexibility index (Phi) is 6.16. The highest BCUT2D eigenvalue weighted by Gasteiger charge is 2.12. The molecule has 0 saturated heterocycles. The monoisotopic (exact) mass is 283 g/mol. The van der Waals surface area contributed by atoms with Crippen molar-refractivity contribution < 1.29 is 9.53 Å². The number of amides is 1. The topological polar surface area (TPSA) is 38.3 Å². The van der Waals surface area contributed by atoms with Crippen molar-refractivity contribution in [1.82, 2.24) is 5.32 Å². The van der Waals surface area contributed by atoms with E-state index in [0.29, 0.717) is 18.0 Å². The van der Waals surface area contributed by atoms with Crippen LogP contribution in [-0.4, -0.2) is 23.9 Å². The molecule has 1 aromatic carbocycles. The van der Waals surface area contributed by atoms with Gasteiger partial charge in [-0.3, -0.25) is 4.79 Å². The second-order valence-corrected chi connectivity index (χ2v) is 5.72. The van der Waals surface area contributed by atoms with Gasteiger partial charge in [-0.25, -0.2) is 0 Å². The fraction of sp³-hybridized carbons (Fsp3) is 0.533.